The lowest BCUT2D eigenvalue weighted by Gasteiger charge is -2.09. The van der Waals surface area contributed by atoms with Gasteiger partial charge in [0.05, 0.1) is 16.7 Å². The molecule has 0 unspecified atom stereocenters. The van der Waals surface area contributed by atoms with Crippen LogP contribution in [-0.2, 0) is 19.0 Å². The number of hydrogen-bond acceptors (Lipinski definition) is 2. The van der Waals surface area contributed by atoms with E-state index in [1.807, 2.05) is 0 Å². The Bertz CT molecular complexity index is 749. The Kier molecular flexibility index (Phi) is 4.92. The van der Waals surface area contributed by atoms with Crippen LogP contribution >= 0.6 is 0 Å². The van der Waals surface area contributed by atoms with Crippen molar-refractivity contribution in [2.45, 2.75) is 19.0 Å². The van der Waals surface area contributed by atoms with Crippen LogP contribution in [0.3, 0.4) is 0 Å². The molecule has 0 aliphatic rings. The summed E-state index contributed by atoms with van der Waals surface area (Å²) >= 11 is 0. The van der Waals surface area contributed by atoms with Crippen molar-refractivity contribution in [3.05, 3.63) is 70.3 Å². The predicted molar refractivity (Wildman–Crippen MR) is 79.2 cm³/mol. The molecule has 2 rings (SSSR count). The minimum absolute atomic E-state index is 0.172. The molecule has 0 aromatic heterocycles. The van der Waals surface area contributed by atoms with Crippen molar-refractivity contribution in [2.75, 3.05) is 0 Å². The molecule has 0 amide bonds. The molecule has 2 aromatic rings. The average Bonchev–Trinajstić information content (AvgIpc) is 2.52. The summed E-state index contributed by atoms with van der Waals surface area (Å²) in [5.74, 6) is -2.53. The molecule has 2 aromatic carbocycles. The summed E-state index contributed by atoms with van der Waals surface area (Å²) in [6.45, 7) is 0. The summed E-state index contributed by atoms with van der Waals surface area (Å²) in [6, 6.07) is 8.52. The van der Waals surface area contributed by atoms with E-state index in [9.17, 15) is 22.8 Å². The molecule has 7 heteroatoms. The number of hydrogen-bond donors (Lipinski definition) is 2. The van der Waals surface area contributed by atoms with Crippen LogP contribution in [-0.4, -0.2) is 22.2 Å². The summed E-state index contributed by atoms with van der Waals surface area (Å²) in [6.07, 6.45) is -3.98. The van der Waals surface area contributed by atoms with Crippen LogP contribution in [0.1, 0.15) is 37.4 Å². The third kappa shape index (κ3) is 4.34. The van der Waals surface area contributed by atoms with E-state index in [1.165, 1.54) is 24.3 Å². The van der Waals surface area contributed by atoms with Crippen molar-refractivity contribution in [2.24, 2.45) is 0 Å². The molecule has 0 spiro atoms. The highest BCUT2D eigenvalue weighted by molar-refractivity contribution is 5.94. The molecular formula is C17H13F3O4. The van der Waals surface area contributed by atoms with Crippen LogP contribution in [0.5, 0.6) is 0 Å². The minimum atomic E-state index is -4.43. The van der Waals surface area contributed by atoms with Crippen LogP contribution < -0.4 is 0 Å². The third-order valence-corrected chi connectivity index (χ3v) is 3.44. The summed E-state index contributed by atoms with van der Waals surface area (Å²) in [4.78, 5) is 22.1. The number of halogens is 3. The number of aryl methyl sites for hydroxylation is 2. The van der Waals surface area contributed by atoms with Gasteiger partial charge >= 0.3 is 18.1 Å². The lowest BCUT2D eigenvalue weighted by Crippen LogP contribution is -2.06. The Morgan fingerprint density at radius 3 is 1.88 bits per heavy atom. The monoisotopic (exact) mass is 338 g/mol. The Hall–Kier alpha value is -2.83. The van der Waals surface area contributed by atoms with Gasteiger partial charge in [0, 0.05) is 0 Å². The lowest BCUT2D eigenvalue weighted by molar-refractivity contribution is -0.137. The van der Waals surface area contributed by atoms with E-state index >= 15 is 0 Å². The van der Waals surface area contributed by atoms with Gasteiger partial charge in [0.1, 0.15) is 0 Å². The van der Waals surface area contributed by atoms with Crippen molar-refractivity contribution in [3.63, 3.8) is 0 Å². The molecule has 4 nitrogen and oxygen atoms in total. The fourth-order valence-electron chi connectivity index (χ4n) is 2.28. The smallest absolute Gasteiger partial charge is 0.416 e. The number of benzene rings is 2. The Morgan fingerprint density at radius 2 is 1.38 bits per heavy atom. The number of carboxylic acids is 2. The van der Waals surface area contributed by atoms with Crippen molar-refractivity contribution in [1.29, 1.82) is 0 Å². The van der Waals surface area contributed by atoms with Gasteiger partial charge in [-0.25, -0.2) is 9.59 Å². The average molecular weight is 338 g/mol. The Morgan fingerprint density at radius 1 is 0.833 bits per heavy atom. The second kappa shape index (κ2) is 6.74. The molecule has 0 bridgehead atoms. The zero-order valence-electron chi connectivity index (χ0n) is 12.3. The van der Waals surface area contributed by atoms with Gasteiger partial charge in [0.25, 0.3) is 0 Å². The molecule has 0 saturated heterocycles. The molecule has 0 fully saturated rings. The highest BCUT2D eigenvalue weighted by atomic mass is 19.4. The second-order valence-corrected chi connectivity index (χ2v) is 5.23. The zero-order valence-corrected chi connectivity index (χ0v) is 12.3. The molecule has 0 saturated carbocycles. The van der Waals surface area contributed by atoms with Gasteiger partial charge < -0.3 is 10.2 Å². The Balaban J connectivity index is 2.23. The summed E-state index contributed by atoms with van der Waals surface area (Å²) in [5, 5.41) is 18.0. The molecule has 0 heterocycles. The van der Waals surface area contributed by atoms with Crippen LogP contribution in [0.4, 0.5) is 13.2 Å². The van der Waals surface area contributed by atoms with Gasteiger partial charge in [-0.3, -0.25) is 0 Å². The zero-order chi connectivity index (χ0) is 17.9. The van der Waals surface area contributed by atoms with Crippen LogP contribution in [0, 0.1) is 0 Å². The van der Waals surface area contributed by atoms with Crippen LogP contribution in [0.2, 0.25) is 0 Å². The first-order chi connectivity index (χ1) is 11.2. The van der Waals surface area contributed by atoms with Crippen molar-refractivity contribution in [3.8, 4) is 0 Å². The van der Waals surface area contributed by atoms with Gasteiger partial charge in [-0.1, -0.05) is 18.2 Å². The maximum Gasteiger partial charge on any atom is 0.416 e. The van der Waals surface area contributed by atoms with E-state index in [0.717, 1.165) is 18.2 Å². The summed E-state index contributed by atoms with van der Waals surface area (Å²) < 4.78 is 38.1. The summed E-state index contributed by atoms with van der Waals surface area (Å²) in [7, 11) is 0. The van der Waals surface area contributed by atoms with E-state index in [2.05, 4.69) is 0 Å². The van der Waals surface area contributed by atoms with E-state index < -0.39 is 23.7 Å². The fraction of sp³-hybridized carbons (Fsp3) is 0.176. The molecule has 0 radical (unpaired) electrons. The molecule has 24 heavy (non-hydrogen) atoms. The maximum atomic E-state index is 12.7. The number of alkyl halides is 3. The highest BCUT2D eigenvalue weighted by Gasteiger charge is 2.30. The van der Waals surface area contributed by atoms with E-state index in [0.29, 0.717) is 11.1 Å². The van der Waals surface area contributed by atoms with Crippen LogP contribution in [0.15, 0.2) is 42.5 Å². The van der Waals surface area contributed by atoms with E-state index in [1.54, 1.807) is 0 Å². The lowest BCUT2D eigenvalue weighted by atomic mass is 9.99. The maximum absolute atomic E-state index is 12.7. The molecular weight excluding hydrogens is 325 g/mol. The molecule has 0 aliphatic carbocycles. The quantitative estimate of drug-likeness (QED) is 0.867. The van der Waals surface area contributed by atoms with Gasteiger partial charge in [-0.2, -0.15) is 13.2 Å². The molecule has 2 N–H and O–H groups in total. The molecule has 0 aliphatic heterocycles. The van der Waals surface area contributed by atoms with E-state index in [4.69, 9.17) is 10.2 Å². The van der Waals surface area contributed by atoms with Crippen molar-refractivity contribution >= 4 is 11.9 Å². The first-order valence-corrected chi connectivity index (χ1v) is 6.93. The minimum Gasteiger partial charge on any atom is -0.478 e. The predicted octanol–water partition coefficient (Wildman–Crippen LogP) is 3.89. The first-order valence-electron chi connectivity index (χ1n) is 6.93. The largest absolute Gasteiger partial charge is 0.478 e. The number of carboxylic acid groups (broad SMARTS) is 2. The van der Waals surface area contributed by atoms with Gasteiger partial charge in [-0.05, 0) is 48.2 Å². The number of carbonyl (C=O) groups is 2. The van der Waals surface area contributed by atoms with Gasteiger partial charge in [0.15, 0.2) is 0 Å². The van der Waals surface area contributed by atoms with Gasteiger partial charge in [0.2, 0.25) is 0 Å². The topological polar surface area (TPSA) is 74.6 Å². The summed E-state index contributed by atoms with van der Waals surface area (Å²) in [5.41, 5.74) is -0.236. The van der Waals surface area contributed by atoms with Crippen LogP contribution in [0.25, 0.3) is 0 Å². The SMILES string of the molecule is O=C(O)c1cc(CCc2cccc(C(F)(F)F)c2)cc(C(=O)O)c1. The van der Waals surface area contributed by atoms with Crippen molar-refractivity contribution < 1.29 is 33.0 Å². The molecule has 0 atom stereocenters. The van der Waals surface area contributed by atoms with Crippen molar-refractivity contribution in [1.82, 2.24) is 0 Å². The van der Waals surface area contributed by atoms with E-state index in [-0.39, 0.29) is 24.0 Å². The number of aromatic carboxylic acids is 2. The standard InChI is InChI=1S/C17H13F3O4/c18-17(19,20)14-3-1-2-10(8-14)4-5-11-6-12(15(21)22)9-13(7-11)16(23)24/h1-3,6-9H,4-5H2,(H,21,22)(H,23,24). The third-order valence-electron chi connectivity index (χ3n) is 3.44. The highest BCUT2D eigenvalue weighted by Crippen LogP contribution is 2.29. The fourth-order valence-corrected chi connectivity index (χ4v) is 2.28. The first kappa shape index (κ1) is 17.5. The Labute approximate surface area is 135 Å². The van der Waals surface area contributed by atoms with Gasteiger partial charge in [-0.15, -0.1) is 0 Å². The second-order valence-electron chi connectivity index (χ2n) is 5.23. The molecule has 126 valence electrons. The number of rotatable bonds is 5. The normalized spacial score (nSPS) is 11.3.